The Morgan fingerprint density at radius 2 is 2.10 bits per heavy atom. The van der Waals surface area contributed by atoms with Gasteiger partial charge in [-0.3, -0.25) is 4.40 Å². The van der Waals surface area contributed by atoms with Gasteiger partial charge in [0.2, 0.25) is 0 Å². The Kier molecular flexibility index (Phi) is 3.87. The molecule has 3 heterocycles. The molecule has 3 aliphatic rings. The van der Waals surface area contributed by atoms with Crippen molar-refractivity contribution >= 4 is 11.5 Å². The van der Waals surface area contributed by atoms with Crippen LogP contribution in [0.25, 0.3) is 17.0 Å². The van der Waals surface area contributed by atoms with E-state index >= 15 is 0 Å². The van der Waals surface area contributed by atoms with Crippen LogP contribution in [0.15, 0.2) is 36.7 Å². The number of hydrogen-bond acceptors (Lipinski definition) is 4. The molecule has 6 rings (SSSR count). The predicted molar refractivity (Wildman–Crippen MR) is 114 cm³/mol. The molecule has 29 heavy (non-hydrogen) atoms. The van der Waals surface area contributed by atoms with Crippen molar-refractivity contribution < 1.29 is 4.74 Å². The summed E-state index contributed by atoms with van der Waals surface area (Å²) in [5.74, 6) is 2.59. The predicted octanol–water partition coefficient (Wildman–Crippen LogP) is 5.42. The summed E-state index contributed by atoms with van der Waals surface area (Å²) >= 11 is 0. The molecule has 3 aliphatic carbocycles. The van der Waals surface area contributed by atoms with Crippen LogP contribution in [0.4, 0.5) is 5.82 Å². The molecule has 0 bridgehead atoms. The summed E-state index contributed by atoms with van der Waals surface area (Å²) in [5, 5.41) is 3.75. The van der Waals surface area contributed by atoms with Crippen molar-refractivity contribution in [2.45, 2.75) is 63.8 Å². The molecule has 0 aromatic carbocycles. The van der Waals surface area contributed by atoms with E-state index in [9.17, 15) is 0 Å². The zero-order chi connectivity index (χ0) is 19.4. The topological polar surface area (TPSA) is 51.5 Å². The Balaban J connectivity index is 1.35. The van der Waals surface area contributed by atoms with E-state index in [1.54, 1.807) is 0 Å². The average molecular weight is 389 g/mol. The number of imidazole rings is 1. The fraction of sp³-hybridized carbons (Fsp3) is 0.500. The highest BCUT2D eigenvalue weighted by Gasteiger charge is 2.52. The summed E-state index contributed by atoms with van der Waals surface area (Å²) in [4.78, 5) is 9.62. The van der Waals surface area contributed by atoms with Crippen LogP contribution in [0.5, 0.6) is 5.75 Å². The number of rotatable bonds is 6. The number of hydrogen-bond donors (Lipinski definition) is 1. The zero-order valence-electron chi connectivity index (χ0n) is 17.0. The van der Waals surface area contributed by atoms with E-state index in [-0.39, 0.29) is 0 Å². The third-order valence-corrected chi connectivity index (χ3v) is 7.09. The van der Waals surface area contributed by atoms with Crippen LogP contribution in [0.1, 0.15) is 63.4 Å². The maximum absolute atomic E-state index is 5.90. The largest absolute Gasteiger partial charge is 0.493 e. The van der Waals surface area contributed by atoms with Crippen LogP contribution in [-0.2, 0) is 0 Å². The van der Waals surface area contributed by atoms with Crippen molar-refractivity contribution in [3.8, 4) is 17.1 Å². The molecule has 1 N–H and O–H groups in total. The molecule has 5 heteroatoms. The van der Waals surface area contributed by atoms with E-state index in [1.165, 1.54) is 50.5 Å². The fourth-order valence-electron chi connectivity index (χ4n) is 5.15. The van der Waals surface area contributed by atoms with Crippen molar-refractivity contribution in [3.05, 3.63) is 42.2 Å². The first kappa shape index (κ1) is 17.3. The lowest BCUT2D eigenvalue weighted by molar-refractivity contribution is 0.336. The summed E-state index contributed by atoms with van der Waals surface area (Å²) in [6, 6.07) is 8.96. The Bertz CT molecular complexity index is 1060. The molecule has 3 fully saturated rings. The highest BCUT2D eigenvalue weighted by Crippen LogP contribution is 2.58. The number of nitrogens with zero attached hydrogens (tertiary/aromatic N) is 3. The van der Waals surface area contributed by atoms with Crippen molar-refractivity contribution in [3.63, 3.8) is 0 Å². The van der Waals surface area contributed by atoms with Gasteiger partial charge >= 0.3 is 0 Å². The summed E-state index contributed by atoms with van der Waals surface area (Å²) in [5.41, 5.74) is 4.79. The van der Waals surface area contributed by atoms with Gasteiger partial charge in [0.15, 0.2) is 0 Å². The molecule has 1 spiro atoms. The van der Waals surface area contributed by atoms with Gasteiger partial charge in [-0.05, 0) is 68.9 Å². The summed E-state index contributed by atoms with van der Waals surface area (Å²) < 4.78 is 8.08. The van der Waals surface area contributed by atoms with E-state index in [1.807, 2.05) is 13.1 Å². The van der Waals surface area contributed by atoms with Crippen molar-refractivity contribution in [2.75, 3.05) is 11.9 Å². The van der Waals surface area contributed by atoms with E-state index < -0.39 is 0 Å². The minimum absolute atomic E-state index is 0.565. The Morgan fingerprint density at radius 3 is 2.90 bits per heavy atom. The lowest BCUT2D eigenvalue weighted by Crippen LogP contribution is -2.25. The molecular formula is C24H28N4O. The van der Waals surface area contributed by atoms with Gasteiger partial charge in [0.1, 0.15) is 17.2 Å². The van der Waals surface area contributed by atoms with Crippen LogP contribution >= 0.6 is 0 Å². The molecular weight excluding hydrogens is 360 g/mol. The molecule has 0 radical (unpaired) electrons. The third kappa shape index (κ3) is 2.98. The Morgan fingerprint density at radius 1 is 1.21 bits per heavy atom. The van der Waals surface area contributed by atoms with Gasteiger partial charge in [0.25, 0.3) is 0 Å². The number of anilines is 1. The molecule has 0 saturated heterocycles. The highest BCUT2D eigenvalue weighted by molar-refractivity contribution is 5.64. The molecule has 5 nitrogen and oxygen atoms in total. The van der Waals surface area contributed by atoms with Gasteiger partial charge in [-0.25, -0.2) is 9.97 Å². The second-order valence-electron chi connectivity index (χ2n) is 9.03. The van der Waals surface area contributed by atoms with E-state index in [4.69, 9.17) is 9.72 Å². The average Bonchev–Trinajstić information content (AvgIpc) is 3.63. The number of ether oxygens (including phenoxy) is 1. The number of pyridine rings is 2. The second-order valence-corrected chi connectivity index (χ2v) is 9.03. The lowest BCUT2D eigenvalue weighted by Gasteiger charge is -2.21. The SMILES string of the molecule is CCOc1cc2ncc(-c3cccc(N[C@H]4CCCC45CC5)n3)n2cc1C1CC1. The van der Waals surface area contributed by atoms with Gasteiger partial charge in [0.05, 0.1) is 24.2 Å². The smallest absolute Gasteiger partial charge is 0.140 e. The minimum atomic E-state index is 0.565. The van der Waals surface area contributed by atoms with E-state index in [2.05, 4.69) is 45.2 Å². The molecule has 3 aromatic heterocycles. The second kappa shape index (κ2) is 6.48. The first-order chi connectivity index (χ1) is 14.3. The Hall–Kier alpha value is -2.56. The zero-order valence-corrected chi connectivity index (χ0v) is 17.0. The number of aromatic nitrogens is 3. The standard InChI is InChI=1S/C24H28N4O/c1-2-29-20-13-23-25-14-19(28(23)15-17(20)16-8-9-16)18-5-3-7-22(26-18)27-21-6-4-10-24(21)11-12-24/h3,5,7,13-16,21H,2,4,6,8-12H2,1H3,(H,26,27)/t21-/m0/s1. The maximum atomic E-state index is 5.90. The Labute approximate surface area is 171 Å². The summed E-state index contributed by atoms with van der Waals surface area (Å²) in [6.45, 7) is 2.72. The van der Waals surface area contributed by atoms with Gasteiger partial charge in [-0.2, -0.15) is 0 Å². The molecule has 3 aromatic rings. The fourth-order valence-corrected chi connectivity index (χ4v) is 5.15. The molecule has 0 amide bonds. The van der Waals surface area contributed by atoms with Crippen molar-refractivity contribution in [1.82, 2.24) is 14.4 Å². The normalized spacial score (nSPS) is 22.3. The monoisotopic (exact) mass is 388 g/mol. The summed E-state index contributed by atoms with van der Waals surface area (Å²) in [6.07, 6.45) is 13.4. The van der Waals surface area contributed by atoms with Crippen LogP contribution in [0.2, 0.25) is 0 Å². The summed E-state index contributed by atoms with van der Waals surface area (Å²) in [7, 11) is 0. The van der Waals surface area contributed by atoms with Crippen LogP contribution in [0.3, 0.4) is 0 Å². The van der Waals surface area contributed by atoms with E-state index in [0.717, 1.165) is 28.6 Å². The molecule has 150 valence electrons. The van der Waals surface area contributed by atoms with Crippen LogP contribution in [0, 0.1) is 5.41 Å². The van der Waals surface area contributed by atoms with Crippen LogP contribution in [-0.4, -0.2) is 27.0 Å². The molecule has 0 unspecified atom stereocenters. The van der Waals surface area contributed by atoms with Gasteiger partial charge in [-0.15, -0.1) is 0 Å². The molecule has 1 atom stereocenters. The quantitative estimate of drug-likeness (QED) is 0.613. The number of fused-ring (bicyclic) bond motifs is 1. The van der Waals surface area contributed by atoms with Gasteiger partial charge in [0, 0.05) is 23.9 Å². The molecule has 0 aliphatic heterocycles. The van der Waals surface area contributed by atoms with Crippen molar-refractivity contribution in [2.24, 2.45) is 5.41 Å². The van der Waals surface area contributed by atoms with Gasteiger partial charge < -0.3 is 10.1 Å². The number of nitrogens with one attached hydrogen (secondary N) is 1. The van der Waals surface area contributed by atoms with Crippen LogP contribution < -0.4 is 10.1 Å². The van der Waals surface area contributed by atoms with Crippen molar-refractivity contribution in [1.29, 1.82) is 0 Å². The highest BCUT2D eigenvalue weighted by atomic mass is 16.5. The molecule has 3 saturated carbocycles. The maximum Gasteiger partial charge on any atom is 0.140 e. The lowest BCUT2D eigenvalue weighted by atomic mass is 10.0. The first-order valence-corrected chi connectivity index (χ1v) is 11.1. The first-order valence-electron chi connectivity index (χ1n) is 11.1. The van der Waals surface area contributed by atoms with Gasteiger partial charge in [-0.1, -0.05) is 12.5 Å². The van der Waals surface area contributed by atoms with E-state index in [0.29, 0.717) is 24.0 Å². The minimum Gasteiger partial charge on any atom is -0.493 e. The third-order valence-electron chi connectivity index (χ3n) is 7.09.